The summed E-state index contributed by atoms with van der Waals surface area (Å²) in [6.07, 6.45) is 2.46. The summed E-state index contributed by atoms with van der Waals surface area (Å²) in [6, 6.07) is 4.27. The van der Waals surface area contributed by atoms with Crippen molar-refractivity contribution in [3.63, 3.8) is 0 Å². The molecule has 0 saturated carbocycles. The first-order chi connectivity index (χ1) is 9.48. The van der Waals surface area contributed by atoms with Crippen molar-refractivity contribution in [1.29, 1.82) is 0 Å². The van der Waals surface area contributed by atoms with Crippen LogP contribution in [0, 0.1) is 0 Å². The fraction of sp³-hybridized carbons (Fsp3) is 0.429. The second kappa shape index (κ2) is 5.81. The lowest BCUT2D eigenvalue weighted by atomic mass is 9.93. The largest absolute Gasteiger partial charge is 0.478 e. The number of amides is 1. The molecule has 2 rings (SSSR count). The molecule has 1 aliphatic rings. The summed E-state index contributed by atoms with van der Waals surface area (Å²) < 4.78 is 0. The Morgan fingerprint density at radius 2 is 2.25 bits per heavy atom. The predicted octanol–water partition coefficient (Wildman–Crippen LogP) is 2.51. The van der Waals surface area contributed by atoms with Gasteiger partial charge in [-0.15, -0.1) is 0 Å². The molecule has 0 aliphatic carbocycles. The van der Waals surface area contributed by atoms with Gasteiger partial charge in [-0.2, -0.15) is 0 Å². The minimum absolute atomic E-state index is 0.0946. The lowest BCUT2D eigenvalue weighted by Gasteiger charge is -2.26. The van der Waals surface area contributed by atoms with Gasteiger partial charge in [-0.05, 0) is 44.0 Å². The molecule has 0 spiro atoms. The third kappa shape index (κ3) is 2.78. The quantitative estimate of drug-likeness (QED) is 0.798. The van der Waals surface area contributed by atoms with Crippen molar-refractivity contribution in [2.45, 2.75) is 31.7 Å². The minimum atomic E-state index is -1.05. The van der Waals surface area contributed by atoms with Gasteiger partial charge in [0.15, 0.2) is 0 Å². The van der Waals surface area contributed by atoms with E-state index in [1.54, 1.807) is 0 Å². The summed E-state index contributed by atoms with van der Waals surface area (Å²) >= 11 is 6.01. The average molecular weight is 297 g/mol. The van der Waals surface area contributed by atoms with Gasteiger partial charge in [0.2, 0.25) is 5.91 Å². The Balaban J connectivity index is 2.17. The SMILES string of the molecule is CCC1(C(=O)Nc2ccc(C(=O)O)cc2Cl)CCCN1. The maximum Gasteiger partial charge on any atom is 0.335 e. The van der Waals surface area contributed by atoms with Gasteiger partial charge in [-0.3, -0.25) is 4.79 Å². The Labute approximate surface area is 122 Å². The van der Waals surface area contributed by atoms with Gasteiger partial charge in [0.1, 0.15) is 0 Å². The first-order valence-corrected chi connectivity index (χ1v) is 6.95. The molecular weight excluding hydrogens is 280 g/mol. The van der Waals surface area contributed by atoms with E-state index in [0.29, 0.717) is 12.1 Å². The number of carboxylic acid groups (broad SMARTS) is 1. The molecule has 108 valence electrons. The molecule has 3 N–H and O–H groups in total. The Morgan fingerprint density at radius 3 is 2.75 bits per heavy atom. The van der Waals surface area contributed by atoms with Crippen molar-refractivity contribution < 1.29 is 14.7 Å². The van der Waals surface area contributed by atoms with E-state index in [0.717, 1.165) is 19.4 Å². The third-order valence-electron chi connectivity index (χ3n) is 3.75. The first-order valence-electron chi connectivity index (χ1n) is 6.58. The van der Waals surface area contributed by atoms with E-state index in [2.05, 4.69) is 10.6 Å². The summed E-state index contributed by atoms with van der Waals surface area (Å²) in [5, 5.41) is 15.1. The normalized spacial score (nSPS) is 21.7. The summed E-state index contributed by atoms with van der Waals surface area (Å²) in [7, 11) is 0. The maximum absolute atomic E-state index is 12.4. The minimum Gasteiger partial charge on any atom is -0.478 e. The highest BCUT2D eigenvalue weighted by Crippen LogP contribution is 2.28. The highest BCUT2D eigenvalue weighted by molar-refractivity contribution is 6.34. The van der Waals surface area contributed by atoms with E-state index in [1.165, 1.54) is 18.2 Å². The van der Waals surface area contributed by atoms with Crippen molar-refractivity contribution >= 4 is 29.2 Å². The van der Waals surface area contributed by atoms with E-state index in [-0.39, 0.29) is 16.5 Å². The van der Waals surface area contributed by atoms with Crippen LogP contribution < -0.4 is 10.6 Å². The number of carbonyl (C=O) groups excluding carboxylic acids is 1. The van der Waals surface area contributed by atoms with Gasteiger partial charge in [-0.25, -0.2) is 4.79 Å². The van der Waals surface area contributed by atoms with Gasteiger partial charge in [0.25, 0.3) is 0 Å². The fourth-order valence-electron chi connectivity index (χ4n) is 2.45. The molecule has 1 fully saturated rings. The van der Waals surface area contributed by atoms with E-state index in [4.69, 9.17) is 16.7 Å². The van der Waals surface area contributed by atoms with E-state index in [9.17, 15) is 9.59 Å². The molecule has 1 aromatic carbocycles. The summed E-state index contributed by atoms with van der Waals surface area (Å²) in [5.74, 6) is -1.17. The van der Waals surface area contributed by atoms with Gasteiger partial charge in [-0.1, -0.05) is 18.5 Å². The number of hydrogen-bond donors (Lipinski definition) is 3. The molecule has 6 heteroatoms. The number of halogens is 1. The molecule has 1 saturated heterocycles. The van der Waals surface area contributed by atoms with Crippen LogP contribution in [0.4, 0.5) is 5.69 Å². The van der Waals surface area contributed by atoms with Crippen molar-refractivity contribution in [2.75, 3.05) is 11.9 Å². The Morgan fingerprint density at radius 1 is 1.50 bits per heavy atom. The predicted molar refractivity (Wildman–Crippen MR) is 77.3 cm³/mol. The molecule has 0 aromatic heterocycles. The van der Waals surface area contributed by atoms with Gasteiger partial charge >= 0.3 is 5.97 Å². The van der Waals surface area contributed by atoms with Crippen molar-refractivity contribution in [1.82, 2.24) is 5.32 Å². The van der Waals surface area contributed by atoms with Crippen LogP contribution in [0.2, 0.25) is 5.02 Å². The monoisotopic (exact) mass is 296 g/mol. The smallest absolute Gasteiger partial charge is 0.335 e. The molecule has 20 heavy (non-hydrogen) atoms. The third-order valence-corrected chi connectivity index (χ3v) is 4.06. The summed E-state index contributed by atoms with van der Waals surface area (Å²) in [6.45, 7) is 2.79. The standard InChI is InChI=1S/C14H17ClN2O3/c1-2-14(6-3-7-16-14)13(20)17-11-5-4-9(12(18)19)8-10(11)15/h4-5,8,16H,2-3,6-7H2,1H3,(H,17,20)(H,18,19). The van der Waals surface area contributed by atoms with Gasteiger partial charge in [0.05, 0.1) is 21.8 Å². The van der Waals surface area contributed by atoms with Crippen LogP contribution in [-0.4, -0.2) is 29.1 Å². The number of nitrogens with one attached hydrogen (secondary N) is 2. The van der Waals surface area contributed by atoms with Crippen LogP contribution in [0.1, 0.15) is 36.5 Å². The number of carbonyl (C=O) groups is 2. The fourth-order valence-corrected chi connectivity index (χ4v) is 2.68. The zero-order chi connectivity index (χ0) is 14.8. The van der Waals surface area contributed by atoms with Crippen LogP contribution in [0.5, 0.6) is 0 Å². The van der Waals surface area contributed by atoms with Gasteiger partial charge < -0.3 is 15.7 Å². The van der Waals surface area contributed by atoms with Crippen molar-refractivity contribution in [3.8, 4) is 0 Å². The zero-order valence-electron chi connectivity index (χ0n) is 11.2. The Bertz CT molecular complexity index is 539. The highest BCUT2D eigenvalue weighted by atomic mass is 35.5. The van der Waals surface area contributed by atoms with Crippen LogP contribution in [0.25, 0.3) is 0 Å². The number of aromatic carboxylic acids is 1. The van der Waals surface area contributed by atoms with Crippen LogP contribution >= 0.6 is 11.6 Å². The topological polar surface area (TPSA) is 78.4 Å². The van der Waals surface area contributed by atoms with Crippen LogP contribution in [-0.2, 0) is 4.79 Å². The van der Waals surface area contributed by atoms with Crippen LogP contribution in [0.3, 0.4) is 0 Å². The van der Waals surface area contributed by atoms with E-state index >= 15 is 0 Å². The molecule has 1 aliphatic heterocycles. The molecule has 1 aromatic rings. The molecule has 5 nitrogen and oxygen atoms in total. The molecule has 1 unspecified atom stereocenters. The number of anilines is 1. The molecule has 0 radical (unpaired) electrons. The molecular formula is C14H17ClN2O3. The number of benzene rings is 1. The lowest BCUT2D eigenvalue weighted by Crippen LogP contribution is -2.50. The summed E-state index contributed by atoms with van der Waals surface area (Å²) in [4.78, 5) is 23.2. The molecule has 0 bridgehead atoms. The van der Waals surface area contributed by atoms with E-state index < -0.39 is 11.5 Å². The summed E-state index contributed by atoms with van der Waals surface area (Å²) in [5.41, 5.74) is -0.0187. The Kier molecular flexibility index (Phi) is 4.30. The van der Waals surface area contributed by atoms with Crippen LogP contribution in [0.15, 0.2) is 18.2 Å². The number of carboxylic acids is 1. The Hall–Kier alpha value is -1.59. The number of rotatable bonds is 4. The zero-order valence-corrected chi connectivity index (χ0v) is 12.0. The molecule has 1 amide bonds. The highest BCUT2D eigenvalue weighted by Gasteiger charge is 2.39. The van der Waals surface area contributed by atoms with E-state index in [1.807, 2.05) is 6.92 Å². The first kappa shape index (κ1) is 14.8. The second-order valence-electron chi connectivity index (χ2n) is 4.92. The average Bonchev–Trinajstić information content (AvgIpc) is 2.90. The maximum atomic E-state index is 12.4. The number of hydrogen-bond acceptors (Lipinski definition) is 3. The van der Waals surface area contributed by atoms with Gasteiger partial charge in [0, 0.05) is 0 Å². The lowest BCUT2D eigenvalue weighted by molar-refractivity contribution is -0.122. The molecule has 1 atom stereocenters. The van der Waals surface area contributed by atoms with Crippen molar-refractivity contribution in [2.24, 2.45) is 0 Å². The van der Waals surface area contributed by atoms with Crippen molar-refractivity contribution in [3.05, 3.63) is 28.8 Å². The molecule has 1 heterocycles. The second-order valence-corrected chi connectivity index (χ2v) is 5.33.